The fraction of sp³-hybridized carbons (Fsp3) is 0.0833. The largest absolute Gasteiger partial charge is 0.406 e. The number of fused-ring (bicyclic) bond motifs is 1. The molecule has 0 saturated heterocycles. The number of imidazole rings is 1. The Labute approximate surface area is 119 Å². The highest BCUT2D eigenvalue weighted by Gasteiger charge is 2.09. The van der Waals surface area contributed by atoms with Crippen molar-refractivity contribution in [2.45, 2.75) is 6.61 Å². The molecule has 0 aliphatic rings. The number of rotatable bonds is 3. The average Bonchev–Trinajstić information content (AvgIpc) is 2.81. The number of anilines is 1. The summed E-state index contributed by atoms with van der Waals surface area (Å²) < 4.78 is 1.34. The molecular formula is C12H12ClN5O2. The molecule has 0 aliphatic carbocycles. The molecule has 0 atom stereocenters. The summed E-state index contributed by atoms with van der Waals surface area (Å²) in [4.78, 5) is 27.5. The van der Waals surface area contributed by atoms with Gasteiger partial charge in [-0.25, -0.2) is 4.98 Å². The predicted molar refractivity (Wildman–Crippen MR) is 76.5 cm³/mol. The molecule has 0 bridgehead atoms. The van der Waals surface area contributed by atoms with Crippen LogP contribution in [0.2, 0.25) is 0 Å². The van der Waals surface area contributed by atoms with Gasteiger partial charge in [-0.15, -0.1) is 12.4 Å². The van der Waals surface area contributed by atoms with E-state index in [1.165, 1.54) is 11.1 Å². The van der Waals surface area contributed by atoms with Gasteiger partial charge in [0.15, 0.2) is 5.52 Å². The monoisotopic (exact) mass is 293 g/mol. The second kappa shape index (κ2) is 5.62. The first kappa shape index (κ1) is 13.9. The molecule has 2 heterocycles. The lowest BCUT2D eigenvalue weighted by molar-refractivity contribution is 0.105. The second-order valence-corrected chi connectivity index (χ2v) is 3.95. The summed E-state index contributed by atoms with van der Waals surface area (Å²) in [5, 5.41) is 0. The van der Waals surface area contributed by atoms with Crippen molar-refractivity contribution in [2.75, 3.05) is 5.73 Å². The van der Waals surface area contributed by atoms with E-state index < -0.39 is 0 Å². The van der Waals surface area contributed by atoms with E-state index in [9.17, 15) is 4.79 Å². The third-order valence-electron chi connectivity index (χ3n) is 2.61. The van der Waals surface area contributed by atoms with E-state index in [0.717, 1.165) is 5.56 Å². The molecular weight excluding hydrogens is 282 g/mol. The van der Waals surface area contributed by atoms with Crippen molar-refractivity contribution in [3.8, 4) is 0 Å². The predicted octanol–water partition coefficient (Wildman–Crippen LogP) is 0.752. The van der Waals surface area contributed by atoms with Gasteiger partial charge in [-0.1, -0.05) is 30.3 Å². The molecule has 8 heteroatoms. The van der Waals surface area contributed by atoms with Gasteiger partial charge in [0.2, 0.25) is 11.6 Å². The molecule has 2 aromatic heterocycles. The Kier molecular flexibility index (Phi) is 3.90. The van der Waals surface area contributed by atoms with Crippen molar-refractivity contribution >= 4 is 29.5 Å². The fourth-order valence-corrected chi connectivity index (χ4v) is 1.72. The van der Waals surface area contributed by atoms with Crippen LogP contribution in [0.5, 0.6) is 0 Å². The lowest BCUT2D eigenvalue weighted by Crippen LogP contribution is -2.15. The molecule has 0 fully saturated rings. The first-order valence-electron chi connectivity index (χ1n) is 5.64. The molecule has 0 aliphatic heterocycles. The number of aromatic nitrogens is 4. The van der Waals surface area contributed by atoms with Gasteiger partial charge in [0.1, 0.15) is 12.9 Å². The van der Waals surface area contributed by atoms with Crippen molar-refractivity contribution in [1.82, 2.24) is 19.7 Å². The number of hydrogen-bond acceptors (Lipinski definition) is 5. The van der Waals surface area contributed by atoms with Crippen LogP contribution in [0.4, 0.5) is 5.95 Å². The number of nitrogens with zero attached hydrogens (tertiary/aromatic N) is 3. The van der Waals surface area contributed by atoms with Gasteiger partial charge in [-0.3, -0.25) is 9.78 Å². The molecule has 0 radical (unpaired) electrons. The Morgan fingerprint density at radius 2 is 2.05 bits per heavy atom. The minimum absolute atomic E-state index is 0. The standard InChI is InChI=1S/C12H11N5O2.ClH/c13-12-15-10-9(11(18)16-12)14-7-17(10)19-6-8-4-2-1-3-5-8;/h1-5,7H,6H2,(H3,13,15,16,18);1H. The van der Waals surface area contributed by atoms with Gasteiger partial charge < -0.3 is 10.6 Å². The van der Waals surface area contributed by atoms with Gasteiger partial charge in [0.25, 0.3) is 5.56 Å². The number of aromatic amines is 1. The molecule has 3 N–H and O–H groups in total. The van der Waals surface area contributed by atoms with E-state index in [1.807, 2.05) is 30.3 Å². The summed E-state index contributed by atoms with van der Waals surface area (Å²) in [5.74, 6) is 0.0301. The van der Waals surface area contributed by atoms with Crippen LogP contribution in [-0.4, -0.2) is 19.7 Å². The highest BCUT2D eigenvalue weighted by atomic mass is 35.5. The van der Waals surface area contributed by atoms with Crippen molar-refractivity contribution in [1.29, 1.82) is 0 Å². The molecule has 0 saturated carbocycles. The van der Waals surface area contributed by atoms with Gasteiger partial charge in [0, 0.05) is 0 Å². The topological polar surface area (TPSA) is 98.8 Å². The first-order valence-corrected chi connectivity index (χ1v) is 5.64. The van der Waals surface area contributed by atoms with Crippen LogP contribution >= 0.6 is 12.4 Å². The maximum Gasteiger partial charge on any atom is 0.280 e. The van der Waals surface area contributed by atoms with Gasteiger partial charge in [-0.05, 0) is 5.56 Å². The Balaban J connectivity index is 0.00000147. The van der Waals surface area contributed by atoms with E-state index in [0.29, 0.717) is 12.3 Å². The van der Waals surface area contributed by atoms with E-state index >= 15 is 0 Å². The molecule has 104 valence electrons. The highest BCUT2D eigenvalue weighted by Crippen LogP contribution is 2.06. The molecule has 0 amide bonds. The highest BCUT2D eigenvalue weighted by molar-refractivity contribution is 5.85. The minimum Gasteiger partial charge on any atom is -0.406 e. The van der Waals surface area contributed by atoms with Crippen molar-refractivity contribution < 1.29 is 4.84 Å². The maximum absolute atomic E-state index is 11.6. The number of nitrogens with two attached hydrogens (primary N) is 1. The van der Waals surface area contributed by atoms with E-state index in [-0.39, 0.29) is 29.4 Å². The molecule has 20 heavy (non-hydrogen) atoms. The minimum atomic E-state index is -0.385. The van der Waals surface area contributed by atoms with Crippen molar-refractivity contribution in [3.05, 3.63) is 52.6 Å². The SMILES string of the molecule is Cl.Nc1nc2c(ncn2OCc2ccccc2)c(=O)[nH]1. The molecule has 7 nitrogen and oxygen atoms in total. The number of halogens is 1. The van der Waals surface area contributed by atoms with Crippen molar-refractivity contribution in [2.24, 2.45) is 0 Å². The van der Waals surface area contributed by atoms with Crippen LogP contribution in [0.1, 0.15) is 5.56 Å². The lowest BCUT2D eigenvalue weighted by atomic mass is 10.2. The van der Waals surface area contributed by atoms with E-state index in [4.69, 9.17) is 10.6 Å². The number of nitrogens with one attached hydrogen (secondary N) is 1. The zero-order chi connectivity index (χ0) is 13.2. The van der Waals surface area contributed by atoms with Gasteiger partial charge in [-0.2, -0.15) is 9.71 Å². The zero-order valence-electron chi connectivity index (χ0n) is 10.3. The second-order valence-electron chi connectivity index (χ2n) is 3.95. The zero-order valence-corrected chi connectivity index (χ0v) is 11.1. The smallest absolute Gasteiger partial charge is 0.280 e. The Hall–Kier alpha value is -2.54. The number of H-pyrrole nitrogens is 1. The van der Waals surface area contributed by atoms with Crippen LogP contribution < -0.4 is 16.1 Å². The number of benzene rings is 1. The van der Waals surface area contributed by atoms with Crippen LogP contribution in [0.15, 0.2) is 41.5 Å². The third kappa shape index (κ3) is 2.57. The number of nitrogen functional groups attached to an aromatic ring is 1. The lowest BCUT2D eigenvalue weighted by Gasteiger charge is -2.06. The summed E-state index contributed by atoms with van der Waals surface area (Å²) in [6.45, 7) is 0.348. The summed E-state index contributed by atoms with van der Waals surface area (Å²) >= 11 is 0. The van der Waals surface area contributed by atoms with Crippen LogP contribution in [0.3, 0.4) is 0 Å². The Morgan fingerprint density at radius 3 is 2.80 bits per heavy atom. The van der Waals surface area contributed by atoms with E-state index in [1.54, 1.807) is 0 Å². The molecule has 3 aromatic rings. The summed E-state index contributed by atoms with van der Waals surface area (Å²) in [6, 6.07) is 9.65. The maximum atomic E-state index is 11.6. The molecule has 3 rings (SSSR count). The summed E-state index contributed by atoms with van der Waals surface area (Å²) in [7, 11) is 0. The van der Waals surface area contributed by atoms with Crippen LogP contribution in [-0.2, 0) is 6.61 Å². The van der Waals surface area contributed by atoms with Crippen molar-refractivity contribution in [3.63, 3.8) is 0 Å². The quantitative estimate of drug-likeness (QED) is 0.742. The van der Waals surface area contributed by atoms with Gasteiger partial charge >= 0.3 is 0 Å². The number of hydrogen-bond donors (Lipinski definition) is 2. The average molecular weight is 294 g/mol. The third-order valence-corrected chi connectivity index (χ3v) is 2.61. The van der Waals surface area contributed by atoms with E-state index in [2.05, 4.69) is 15.0 Å². The summed E-state index contributed by atoms with van der Waals surface area (Å²) in [5.41, 5.74) is 6.61. The Bertz CT molecular complexity index is 768. The molecule has 0 spiro atoms. The summed E-state index contributed by atoms with van der Waals surface area (Å²) in [6.07, 6.45) is 1.40. The molecule has 0 unspecified atom stereocenters. The van der Waals surface area contributed by atoms with Crippen LogP contribution in [0, 0.1) is 0 Å². The van der Waals surface area contributed by atoms with Crippen LogP contribution in [0.25, 0.3) is 11.2 Å². The first-order chi connectivity index (χ1) is 9.24. The Morgan fingerprint density at radius 1 is 1.30 bits per heavy atom. The van der Waals surface area contributed by atoms with Gasteiger partial charge in [0.05, 0.1) is 0 Å². The fourth-order valence-electron chi connectivity index (χ4n) is 1.72. The normalized spacial score (nSPS) is 10.2. The molecule has 1 aromatic carbocycles.